The van der Waals surface area contributed by atoms with Gasteiger partial charge in [0.2, 0.25) is 0 Å². The Labute approximate surface area is 99.7 Å². The van der Waals surface area contributed by atoms with Crippen LogP contribution in [0.4, 0.5) is 0 Å². The third-order valence-electron chi connectivity index (χ3n) is 1.56. The van der Waals surface area contributed by atoms with Crippen LogP contribution in [0.3, 0.4) is 0 Å². The first-order chi connectivity index (χ1) is 7.68. The van der Waals surface area contributed by atoms with Crippen molar-refractivity contribution in [3.8, 4) is 0 Å². The highest BCUT2D eigenvalue weighted by atomic mass is 32.3. The standard InChI is InChI=1S/C9H13N3.H2O4S/c1-7-2-4-8(5-3-7)6-12-9(10)11;1-5(2,3)4/h2-5H,6H2,1H3,(H4,10,11,12);(H2,1,2,3,4). The first-order valence-corrected chi connectivity index (χ1v) is 5.89. The Morgan fingerprint density at radius 1 is 1.24 bits per heavy atom. The number of nitrogens with zero attached hydrogens (tertiary/aromatic N) is 1. The molecule has 0 atom stereocenters. The van der Waals surface area contributed by atoms with Crippen LogP contribution in [-0.4, -0.2) is 23.5 Å². The molecule has 1 aromatic carbocycles. The van der Waals surface area contributed by atoms with Crippen molar-refractivity contribution >= 4 is 16.4 Å². The van der Waals surface area contributed by atoms with Gasteiger partial charge in [-0.3, -0.25) is 9.11 Å². The molecule has 0 aliphatic rings. The molecule has 6 N–H and O–H groups in total. The average Bonchev–Trinajstić information content (AvgIpc) is 2.14. The smallest absolute Gasteiger partial charge is 0.370 e. The van der Waals surface area contributed by atoms with E-state index in [1.54, 1.807) is 0 Å². The number of guanidine groups is 1. The number of nitrogens with two attached hydrogens (primary N) is 2. The summed E-state index contributed by atoms with van der Waals surface area (Å²) in [4.78, 5) is 3.90. The molecule has 0 amide bonds. The van der Waals surface area contributed by atoms with Crippen LogP contribution in [-0.2, 0) is 16.9 Å². The van der Waals surface area contributed by atoms with Gasteiger partial charge in [-0.2, -0.15) is 8.42 Å². The Hall–Kier alpha value is -1.64. The molecule has 7 nitrogen and oxygen atoms in total. The molecule has 0 saturated carbocycles. The lowest BCUT2D eigenvalue weighted by molar-refractivity contribution is 0.381. The van der Waals surface area contributed by atoms with Crippen molar-refractivity contribution < 1.29 is 17.5 Å². The molecule has 8 heteroatoms. The van der Waals surface area contributed by atoms with E-state index >= 15 is 0 Å². The molecule has 0 bridgehead atoms. The van der Waals surface area contributed by atoms with Gasteiger partial charge in [-0.15, -0.1) is 0 Å². The van der Waals surface area contributed by atoms with Crippen LogP contribution in [0.25, 0.3) is 0 Å². The second kappa shape index (κ2) is 6.84. The van der Waals surface area contributed by atoms with Gasteiger partial charge in [0.1, 0.15) is 0 Å². The molecular formula is C9H15N3O4S. The van der Waals surface area contributed by atoms with E-state index in [-0.39, 0.29) is 5.96 Å². The van der Waals surface area contributed by atoms with E-state index in [4.69, 9.17) is 29.0 Å². The van der Waals surface area contributed by atoms with Crippen molar-refractivity contribution in [2.24, 2.45) is 16.5 Å². The van der Waals surface area contributed by atoms with E-state index < -0.39 is 10.4 Å². The van der Waals surface area contributed by atoms with Crippen molar-refractivity contribution in [1.82, 2.24) is 0 Å². The lowest BCUT2D eigenvalue weighted by Gasteiger charge is -1.97. The van der Waals surface area contributed by atoms with Crippen LogP contribution in [0.2, 0.25) is 0 Å². The maximum absolute atomic E-state index is 8.74. The predicted molar refractivity (Wildman–Crippen MR) is 64.9 cm³/mol. The summed E-state index contributed by atoms with van der Waals surface area (Å²) < 4.78 is 31.6. The number of hydrogen-bond acceptors (Lipinski definition) is 3. The van der Waals surface area contributed by atoms with Gasteiger partial charge in [0.05, 0.1) is 6.54 Å². The topological polar surface area (TPSA) is 139 Å². The van der Waals surface area contributed by atoms with E-state index in [2.05, 4.69) is 4.99 Å². The monoisotopic (exact) mass is 261 g/mol. The molecule has 0 aliphatic heterocycles. The third-order valence-corrected chi connectivity index (χ3v) is 1.56. The summed E-state index contributed by atoms with van der Waals surface area (Å²) in [5.41, 5.74) is 12.8. The Kier molecular flexibility index (Phi) is 6.18. The number of hydrogen-bond donors (Lipinski definition) is 4. The lowest BCUT2D eigenvalue weighted by atomic mass is 10.1. The van der Waals surface area contributed by atoms with Crippen molar-refractivity contribution in [3.63, 3.8) is 0 Å². The minimum Gasteiger partial charge on any atom is -0.370 e. The molecule has 0 heterocycles. The summed E-state index contributed by atoms with van der Waals surface area (Å²) in [5, 5.41) is 0. The van der Waals surface area contributed by atoms with E-state index in [1.165, 1.54) is 5.56 Å². The fraction of sp³-hybridized carbons (Fsp3) is 0.222. The van der Waals surface area contributed by atoms with Crippen LogP contribution < -0.4 is 11.5 Å². The third kappa shape index (κ3) is 12.3. The molecule has 0 unspecified atom stereocenters. The highest BCUT2D eigenvalue weighted by molar-refractivity contribution is 7.79. The largest absolute Gasteiger partial charge is 0.394 e. The zero-order valence-corrected chi connectivity index (χ0v) is 10.1. The molecule has 0 saturated heterocycles. The van der Waals surface area contributed by atoms with Crippen LogP contribution in [0, 0.1) is 6.92 Å². The maximum Gasteiger partial charge on any atom is 0.394 e. The quantitative estimate of drug-likeness (QED) is 0.338. The molecule has 17 heavy (non-hydrogen) atoms. The summed E-state index contributed by atoms with van der Waals surface area (Å²) in [6.45, 7) is 2.60. The Morgan fingerprint density at radius 3 is 2.00 bits per heavy atom. The Bertz CT molecular complexity index is 456. The van der Waals surface area contributed by atoms with Crippen molar-refractivity contribution in [3.05, 3.63) is 35.4 Å². The second-order valence-corrected chi connectivity index (χ2v) is 4.07. The van der Waals surface area contributed by atoms with Gasteiger partial charge in [-0.25, -0.2) is 4.99 Å². The van der Waals surface area contributed by atoms with Gasteiger partial charge >= 0.3 is 10.4 Å². The summed E-state index contributed by atoms with van der Waals surface area (Å²) in [6.07, 6.45) is 0. The lowest BCUT2D eigenvalue weighted by Crippen LogP contribution is -2.22. The number of aliphatic imine (C=N–C) groups is 1. The van der Waals surface area contributed by atoms with Crippen molar-refractivity contribution in [1.29, 1.82) is 0 Å². The molecule has 1 rings (SSSR count). The van der Waals surface area contributed by atoms with Crippen LogP contribution >= 0.6 is 0 Å². The van der Waals surface area contributed by atoms with Crippen LogP contribution in [0.1, 0.15) is 11.1 Å². The summed E-state index contributed by atoms with van der Waals surface area (Å²) in [6, 6.07) is 8.11. The van der Waals surface area contributed by atoms with E-state index in [9.17, 15) is 0 Å². The number of aryl methyl sites for hydroxylation is 1. The molecule has 0 aromatic heterocycles. The molecule has 0 radical (unpaired) electrons. The summed E-state index contributed by atoms with van der Waals surface area (Å²) >= 11 is 0. The van der Waals surface area contributed by atoms with E-state index in [0.29, 0.717) is 6.54 Å². The van der Waals surface area contributed by atoms with Gasteiger partial charge in [0.15, 0.2) is 5.96 Å². The second-order valence-electron chi connectivity index (χ2n) is 3.17. The predicted octanol–water partition coefficient (Wildman–Crippen LogP) is 0.116. The first kappa shape index (κ1) is 15.4. The van der Waals surface area contributed by atoms with Crippen molar-refractivity contribution in [2.45, 2.75) is 13.5 Å². The van der Waals surface area contributed by atoms with Crippen LogP contribution in [0.15, 0.2) is 29.3 Å². The van der Waals surface area contributed by atoms with E-state index in [0.717, 1.165) is 5.56 Å². The molecule has 96 valence electrons. The van der Waals surface area contributed by atoms with Gasteiger partial charge in [-0.05, 0) is 12.5 Å². The van der Waals surface area contributed by atoms with Gasteiger partial charge < -0.3 is 11.5 Å². The van der Waals surface area contributed by atoms with Crippen molar-refractivity contribution in [2.75, 3.05) is 0 Å². The highest BCUT2D eigenvalue weighted by Gasteiger charge is 1.89. The van der Waals surface area contributed by atoms with E-state index in [1.807, 2.05) is 31.2 Å². The van der Waals surface area contributed by atoms with Gasteiger partial charge in [-0.1, -0.05) is 29.8 Å². The zero-order valence-electron chi connectivity index (χ0n) is 9.24. The maximum atomic E-state index is 8.74. The minimum atomic E-state index is -4.67. The average molecular weight is 261 g/mol. The molecule has 1 aromatic rings. The van der Waals surface area contributed by atoms with Crippen LogP contribution in [0.5, 0.6) is 0 Å². The molecular weight excluding hydrogens is 246 g/mol. The normalized spacial score (nSPS) is 10.1. The highest BCUT2D eigenvalue weighted by Crippen LogP contribution is 2.03. The number of benzene rings is 1. The fourth-order valence-corrected chi connectivity index (χ4v) is 0.876. The first-order valence-electron chi connectivity index (χ1n) is 4.49. The molecule has 0 fully saturated rings. The van der Waals surface area contributed by atoms with Gasteiger partial charge in [0.25, 0.3) is 0 Å². The minimum absolute atomic E-state index is 0.135. The SMILES string of the molecule is Cc1ccc(CN=C(N)N)cc1.O=S(=O)(O)O. The summed E-state index contributed by atoms with van der Waals surface area (Å²) in [7, 11) is -4.67. The molecule has 0 aliphatic carbocycles. The Morgan fingerprint density at radius 2 is 1.65 bits per heavy atom. The molecule has 0 spiro atoms. The Balaban J connectivity index is 0.000000437. The summed E-state index contributed by atoms with van der Waals surface area (Å²) in [5.74, 6) is 0.135. The fourth-order valence-electron chi connectivity index (χ4n) is 0.876. The van der Waals surface area contributed by atoms with Gasteiger partial charge in [0, 0.05) is 0 Å². The number of rotatable bonds is 2. The zero-order chi connectivity index (χ0) is 13.5.